The summed E-state index contributed by atoms with van der Waals surface area (Å²) >= 11 is 0. The summed E-state index contributed by atoms with van der Waals surface area (Å²) in [5.74, 6) is 0.210. The largest absolute Gasteiger partial charge is 0.427 e. The Morgan fingerprint density at radius 3 is 2.48 bits per heavy atom. The van der Waals surface area contributed by atoms with Crippen LogP contribution in [0, 0.1) is 13.8 Å². The van der Waals surface area contributed by atoms with E-state index in [-0.39, 0.29) is 17.4 Å². The number of carbonyl (C=O) groups is 2. The molecule has 0 radical (unpaired) electrons. The average Bonchev–Trinajstić information content (AvgIpc) is 2.61. The normalized spacial score (nSPS) is 13.6. The van der Waals surface area contributed by atoms with Crippen molar-refractivity contribution in [2.45, 2.75) is 39.0 Å². The van der Waals surface area contributed by atoms with Crippen LogP contribution in [0.5, 0.6) is 0 Å². The topological polar surface area (TPSA) is 97.6 Å². The first-order chi connectivity index (χ1) is 13.9. The van der Waals surface area contributed by atoms with Crippen LogP contribution in [0.2, 0.25) is 0 Å². The van der Waals surface area contributed by atoms with Gasteiger partial charge in [0.25, 0.3) is 11.8 Å². The van der Waals surface area contributed by atoms with E-state index in [0.717, 1.165) is 19.3 Å². The van der Waals surface area contributed by atoms with Crippen molar-refractivity contribution in [3.8, 4) is 0 Å². The number of aryl methyl sites for hydroxylation is 2. The number of hydrogen-bond donors (Lipinski definition) is 2. The SMILES string of the molecule is COCCNC(=O)c1ccc(NC(=O)c2c(C)cc(C3CCC3)oc2=O)c(C)c1. The monoisotopic (exact) mass is 398 g/mol. The van der Waals surface area contributed by atoms with Crippen LogP contribution in [-0.2, 0) is 4.74 Å². The summed E-state index contributed by atoms with van der Waals surface area (Å²) in [5, 5.41) is 5.50. The summed E-state index contributed by atoms with van der Waals surface area (Å²) in [6.45, 7) is 4.38. The Labute approximate surface area is 169 Å². The van der Waals surface area contributed by atoms with Crippen LogP contribution < -0.4 is 16.3 Å². The Morgan fingerprint density at radius 2 is 1.90 bits per heavy atom. The van der Waals surface area contributed by atoms with Gasteiger partial charge in [-0.3, -0.25) is 9.59 Å². The second-order valence-corrected chi connectivity index (χ2v) is 7.35. The van der Waals surface area contributed by atoms with Crippen molar-refractivity contribution in [1.29, 1.82) is 0 Å². The molecule has 1 aromatic heterocycles. The van der Waals surface area contributed by atoms with Crippen molar-refractivity contribution >= 4 is 17.5 Å². The van der Waals surface area contributed by atoms with Gasteiger partial charge in [0, 0.05) is 30.8 Å². The maximum atomic E-state index is 12.7. The van der Waals surface area contributed by atoms with Crippen LogP contribution in [-0.4, -0.2) is 32.1 Å². The Balaban J connectivity index is 1.74. The molecule has 2 amide bonds. The number of rotatable bonds is 7. The zero-order chi connectivity index (χ0) is 21.0. The first-order valence-electron chi connectivity index (χ1n) is 9.74. The summed E-state index contributed by atoms with van der Waals surface area (Å²) in [6, 6.07) is 6.76. The number of nitrogens with one attached hydrogen (secondary N) is 2. The first-order valence-corrected chi connectivity index (χ1v) is 9.74. The fourth-order valence-electron chi connectivity index (χ4n) is 3.30. The van der Waals surface area contributed by atoms with Gasteiger partial charge in [0.15, 0.2) is 0 Å². The Kier molecular flexibility index (Phi) is 6.49. The molecule has 1 aromatic carbocycles. The third-order valence-corrected chi connectivity index (χ3v) is 5.23. The lowest BCUT2D eigenvalue weighted by molar-refractivity contribution is 0.0936. The third kappa shape index (κ3) is 4.74. The Bertz CT molecular complexity index is 976. The first kappa shape index (κ1) is 20.8. The summed E-state index contributed by atoms with van der Waals surface area (Å²) in [4.78, 5) is 37.2. The van der Waals surface area contributed by atoms with E-state index in [9.17, 15) is 14.4 Å². The molecule has 2 aromatic rings. The molecular formula is C22H26N2O5. The van der Waals surface area contributed by atoms with Crippen LogP contribution in [0.4, 0.5) is 5.69 Å². The summed E-state index contributed by atoms with van der Waals surface area (Å²) < 4.78 is 10.3. The molecule has 29 heavy (non-hydrogen) atoms. The highest BCUT2D eigenvalue weighted by Gasteiger charge is 2.25. The van der Waals surface area contributed by atoms with Gasteiger partial charge < -0.3 is 19.8 Å². The fourth-order valence-corrected chi connectivity index (χ4v) is 3.30. The molecule has 0 aliphatic heterocycles. The van der Waals surface area contributed by atoms with Gasteiger partial charge in [-0.2, -0.15) is 0 Å². The van der Waals surface area contributed by atoms with Crippen molar-refractivity contribution < 1.29 is 18.7 Å². The lowest BCUT2D eigenvalue weighted by Gasteiger charge is -2.24. The molecule has 0 unspecified atom stereocenters. The van der Waals surface area contributed by atoms with Gasteiger partial charge in [-0.25, -0.2) is 4.79 Å². The smallest absolute Gasteiger partial charge is 0.349 e. The Morgan fingerprint density at radius 1 is 1.14 bits per heavy atom. The lowest BCUT2D eigenvalue weighted by Crippen LogP contribution is -2.27. The van der Waals surface area contributed by atoms with Gasteiger partial charge >= 0.3 is 5.63 Å². The second kappa shape index (κ2) is 9.05. The minimum atomic E-state index is -0.615. The highest BCUT2D eigenvalue weighted by atomic mass is 16.5. The molecule has 1 fully saturated rings. The van der Waals surface area contributed by atoms with Crippen molar-refractivity contribution in [2.24, 2.45) is 0 Å². The molecule has 0 spiro atoms. The maximum absolute atomic E-state index is 12.7. The standard InChI is InChI=1S/C22H26N2O5/c1-13-11-16(20(25)23-9-10-28-3)7-8-17(13)24-21(26)19-14(2)12-18(29-22(19)27)15-5-4-6-15/h7-8,11-12,15H,4-6,9-10H2,1-3H3,(H,23,25)(H,24,26). The van der Waals surface area contributed by atoms with Crippen LogP contribution >= 0.6 is 0 Å². The predicted octanol–water partition coefficient (Wildman–Crippen LogP) is 3.15. The van der Waals surface area contributed by atoms with Gasteiger partial charge in [-0.05, 0) is 62.1 Å². The van der Waals surface area contributed by atoms with E-state index >= 15 is 0 Å². The number of benzene rings is 1. The number of amides is 2. The zero-order valence-corrected chi connectivity index (χ0v) is 17.0. The average molecular weight is 398 g/mol. The van der Waals surface area contributed by atoms with E-state index in [4.69, 9.17) is 9.15 Å². The summed E-state index contributed by atoms with van der Waals surface area (Å²) in [6.07, 6.45) is 3.16. The second-order valence-electron chi connectivity index (χ2n) is 7.35. The van der Waals surface area contributed by atoms with E-state index in [1.54, 1.807) is 45.2 Å². The number of carbonyl (C=O) groups excluding carboxylic acids is 2. The van der Waals surface area contributed by atoms with Gasteiger partial charge in [-0.1, -0.05) is 6.42 Å². The van der Waals surface area contributed by atoms with Crippen molar-refractivity contribution in [1.82, 2.24) is 5.32 Å². The molecule has 0 atom stereocenters. The molecule has 1 aliphatic rings. The van der Waals surface area contributed by atoms with Crippen LogP contribution in [0.3, 0.4) is 0 Å². The molecule has 1 heterocycles. The Hall–Kier alpha value is -2.93. The fraction of sp³-hybridized carbons (Fsp3) is 0.409. The van der Waals surface area contributed by atoms with Gasteiger partial charge in [0.05, 0.1) is 6.61 Å². The van der Waals surface area contributed by atoms with Crippen LogP contribution in [0.1, 0.15) is 62.8 Å². The zero-order valence-electron chi connectivity index (χ0n) is 17.0. The minimum Gasteiger partial charge on any atom is -0.427 e. The van der Waals surface area contributed by atoms with Crippen LogP contribution in [0.15, 0.2) is 33.5 Å². The highest BCUT2D eigenvalue weighted by Crippen LogP contribution is 2.36. The molecule has 0 saturated heterocycles. The predicted molar refractivity (Wildman–Crippen MR) is 110 cm³/mol. The quantitative estimate of drug-likeness (QED) is 0.698. The maximum Gasteiger partial charge on any atom is 0.349 e. The summed E-state index contributed by atoms with van der Waals surface area (Å²) in [7, 11) is 1.57. The molecular weight excluding hydrogens is 372 g/mol. The van der Waals surface area contributed by atoms with Crippen molar-refractivity contribution in [3.05, 3.63) is 62.7 Å². The van der Waals surface area contributed by atoms with Crippen molar-refractivity contribution in [2.75, 3.05) is 25.6 Å². The molecule has 154 valence electrons. The van der Waals surface area contributed by atoms with E-state index < -0.39 is 11.5 Å². The van der Waals surface area contributed by atoms with Gasteiger partial charge in [0.2, 0.25) is 0 Å². The molecule has 1 aliphatic carbocycles. The number of hydrogen-bond acceptors (Lipinski definition) is 5. The molecule has 2 N–H and O–H groups in total. The van der Waals surface area contributed by atoms with Crippen LogP contribution in [0.25, 0.3) is 0 Å². The molecule has 7 nitrogen and oxygen atoms in total. The third-order valence-electron chi connectivity index (χ3n) is 5.23. The number of anilines is 1. The van der Waals surface area contributed by atoms with E-state index in [2.05, 4.69) is 10.6 Å². The highest BCUT2D eigenvalue weighted by molar-refractivity contribution is 6.05. The van der Waals surface area contributed by atoms with Gasteiger partial charge in [0.1, 0.15) is 11.3 Å². The van der Waals surface area contributed by atoms with E-state index in [0.29, 0.717) is 41.3 Å². The van der Waals surface area contributed by atoms with E-state index in [1.165, 1.54) is 0 Å². The van der Waals surface area contributed by atoms with E-state index in [1.807, 2.05) is 0 Å². The lowest BCUT2D eigenvalue weighted by atomic mass is 9.83. The summed E-state index contributed by atoms with van der Waals surface area (Å²) in [5.41, 5.74) is 1.73. The molecule has 3 rings (SSSR count). The molecule has 0 bridgehead atoms. The molecule has 1 saturated carbocycles. The van der Waals surface area contributed by atoms with Crippen molar-refractivity contribution in [3.63, 3.8) is 0 Å². The van der Waals surface area contributed by atoms with Gasteiger partial charge in [-0.15, -0.1) is 0 Å². The molecule has 7 heteroatoms. The minimum absolute atomic E-state index is 0.00820. The number of ether oxygens (including phenoxy) is 1. The number of methoxy groups -OCH3 is 1.